The number of thiocarbonyl (C=S) groups is 1. The van der Waals surface area contributed by atoms with Crippen molar-refractivity contribution in [3.05, 3.63) is 28.8 Å². The lowest BCUT2D eigenvalue weighted by atomic mass is 10.2. The second-order valence-electron chi connectivity index (χ2n) is 2.32. The minimum atomic E-state index is -1.12. The van der Waals surface area contributed by atoms with Gasteiger partial charge in [-0.05, 0) is 18.2 Å². The van der Waals surface area contributed by atoms with Crippen molar-refractivity contribution in [3.8, 4) is 0 Å². The minimum Gasteiger partial charge on any atom is -0.353 e. The van der Waals surface area contributed by atoms with Crippen molar-refractivity contribution in [2.45, 2.75) is 0 Å². The molecule has 0 spiro atoms. The molecule has 0 radical (unpaired) electrons. The van der Waals surface area contributed by atoms with Gasteiger partial charge in [0.05, 0.1) is 16.1 Å². The zero-order valence-electron chi connectivity index (χ0n) is 6.79. The summed E-state index contributed by atoms with van der Waals surface area (Å²) >= 11 is 10.2. The van der Waals surface area contributed by atoms with Gasteiger partial charge in [0, 0.05) is 10.2 Å². The molecule has 0 aromatic heterocycles. The Balaban J connectivity index is 3.00. The van der Waals surface area contributed by atoms with Crippen molar-refractivity contribution in [3.63, 3.8) is 0 Å². The number of hydrogen-bond acceptors (Lipinski definition) is 3. The van der Waals surface area contributed by atoms with E-state index in [1.54, 1.807) is 0 Å². The highest BCUT2D eigenvalue weighted by molar-refractivity contribution is 7.79. The maximum Gasteiger partial charge on any atom is 0.381 e. The van der Waals surface area contributed by atoms with Gasteiger partial charge < -0.3 is 5.32 Å². The van der Waals surface area contributed by atoms with Gasteiger partial charge in [-0.1, -0.05) is 23.8 Å². The third-order valence-electron chi connectivity index (χ3n) is 1.48. The van der Waals surface area contributed by atoms with Gasteiger partial charge >= 0.3 is 5.97 Å². The van der Waals surface area contributed by atoms with E-state index in [0.717, 1.165) is 0 Å². The van der Waals surface area contributed by atoms with Crippen LogP contribution in [0.1, 0.15) is 10.4 Å². The molecule has 1 aromatic rings. The van der Waals surface area contributed by atoms with E-state index in [4.69, 9.17) is 11.6 Å². The van der Waals surface area contributed by atoms with E-state index in [2.05, 4.69) is 22.5 Å². The summed E-state index contributed by atoms with van der Waals surface area (Å²) in [4.78, 5) is 13.8. The van der Waals surface area contributed by atoms with Crippen LogP contribution in [-0.2, 0) is 4.94 Å². The molecule has 0 aliphatic rings. The van der Waals surface area contributed by atoms with Crippen LogP contribution in [0.15, 0.2) is 18.2 Å². The number of hydrogen-bond donors (Lipinski definition) is 1. The molecule has 0 bridgehead atoms. The lowest BCUT2D eigenvalue weighted by Gasteiger charge is -2.02. The first-order chi connectivity index (χ1) is 6.69. The summed E-state index contributed by atoms with van der Waals surface area (Å²) in [6.45, 7) is 0. The highest BCUT2D eigenvalue weighted by Crippen LogP contribution is 2.21. The Bertz CT molecular complexity index is 372. The second kappa shape index (κ2) is 4.88. The highest BCUT2D eigenvalue weighted by Gasteiger charge is 2.12. The molecule has 0 heterocycles. The van der Waals surface area contributed by atoms with E-state index in [9.17, 15) is 9.32 Å². The van der Waals surface area contributed by atoms with Gasteiger partial charge in [0.15, 0.2) is 0 Å². The molecule has 0 fully saturated rings. The van der Waals surface area contributed by atoms with Crippen LogP contribution in [-0.4, -0.2) is 11.5 Å². The Kier molecular flexibility index (Phi) is 3.79. The Labute approximate surface area is 89.7 Å². The predicted molar refractivity (Wildman–Crippen MR) is 55.3 cm³/mol. The molecule has 0 saturated carbocycles. The molecule has 0 aliphatic carbocycles. The van der Waals surface area contributed by atoms with E-state index >= 15 is 0 Å². The molecule has 14 heavy (non-hydrogen) atoms. The number of benzene rings is 1. The average molecular weight is 234 g/mol. The van der Waals surface area contributed by atoms with Gasteiger partial charge in [-0.15, -0.1) is 0 Å². The molecule has 1 aromatic carbocycles. The van der Waals surface area contributed by atoms with E-state index in [1.165, 1.54) is 23.7 Å². The number of carbonyl (C=O) groups is 1. The summed E-state index contributed by atoms with van der Waals surface area (Å²) in [6, 6.07) is 4.31. The standard InChI is InChI=1S/C8H5ClFNO2S/c9-7-3-5(11-4-14)1-2-6(7)8(12)13-10/h1-4H,(H,11,14). The summed E-state index contributed by atoms with van der Waals surface area (Å²) in [5.74, 6) is -1.12. The first kappa shape index (κ1) is 10.9. The number of rotatable bonds is 3. The van der Waals surface area contributed by atoms with Crippen LogP contribution in [0.3, 0.4) is 0 Å². The highest BCUT2D eigenvalue weighted by atomic mass is 35.5. The van der Waals surface area contributed by atoms with E-state index in [1.807, 2.05) is 0 Å². The van der Waals surface area contributed by atoms with Gasteiger partial charge in [0.1, 0.15) is 0 Å². The third-order valence-corrected chi connectivity index (χ3v) is 1.92. The summed E-state index contributed by atoms with van der Waals surface area (Å²) < 4.78 is 11.6. The number of nitrogens with one attached hydrogen (secondary N) is 1. The molecule has 0 unspecified atom stereocenters. The second-order valence-corrected chi connectivity index (χ2v) is 2.96. The molecule has 3 nitrogen and oxygen atoms in total. The SMILES string of the molecule is O=C(OF)c1ccc(NC=S)cc1Cl. The van der Waals surface area contributed by atoms with Crippen molar-refractivity contribution < 1.29 is 14.3 Å². The summed E-state index contributed by atoms with van der Waals surface area (Å²) in [6.07, 6.45) is 0. The van der Waals surface area contributed by atoms with E-state index in [-0.39, 0.29) is 10.6 Å². The zero-order chi connectivity index (χ0) is 10.6. The first-order valence-electron chi connectivity index (χ1n) is 3.51. The van der Waals surface area contributed by atoms with Crippen LogP contribution < -0.4 is 5.32 Å². The smallest absolute Gasteiger partial charge is 0.353 e. The summed E-state index contributed by atoms with van der Waals surface area (Å²) in [5.41, 5.74) is 1.86. The predicted octanol–water partition coefficient (Wildman–Crippen LogP) is 2.75. The summed E-state index contributed by atoms with van der Waals surface area (Å²) in [5, 5.41) is 2.78. The topological polar surface area (TPSA) is 38.3 Å². The molecule has 1 rings (SSSR count). The Hall–Kier alpha value is -1.20. The van der Waals surface area contributed by atoms with Crippen molar-refractivity contribution in [2.24, 2.45) is 0 Å². The van der Waals surface area contributed by atoms with E-state index < -0.39 is 5.97 Å². The normalized spacial score (nSPS) is 9.29. The van der Waals surface area contributed by atoms with Crippen molar-refractivity contribution in [2.75, 3.05) is 5.32 Å². The molecular formula is C8H5ClFNO2S. The van der Waals surface area contributed by atoms with Crippen LogP contribution in [0.25, 0.3) is 0 Å². The molecule has 0 saturated heterocycles. The van der Waals surface area contributed by atoms with Crippen LogP contribution in [0, 0.1) is 0 Å². The number of carbonyl (C=O) groups excluding carboxylic acids is 1. The third kappa shape index (κ3) is 2.40. The van der Waals surface area contributed by atoms with Crippen molar-refractivity contribution >= 4 is 41.0 Å². The first-order valence-corrected chi connectivity index (χ1v) is 4.36. The van der Waals surface area contributed by atoms with Crippen LogP contribution in [0.4, 0.5) is 10.2 Å². The average Bonchev–Trinajstić information content (AvgIpc) is 2.17. The minimum absolute atomic E-state index is 0.0379. The lowest BCUT2D eigenvalue weighted by Crippen LogP contribution is -2.00. The van der Waals surface area contributed by atoms with Crippen LogP contribution in [0.2, 0.25) is 5.02 Å². The van der Waals surface area contributed by atoms with Crippen molar-refractivity contribution in [1.29, 1.82) is 0 Å². The monoisotopic (exact) mass is 233 g/mol. The maximum absolute atomic E-state index is 11.6. The summed E-state index contributed by atoms with van der Waals surface area (Å²) in [7, 11) is 0. The molecule has 6 heteroatoms. The van der Waals surface area contributed by atoms with E-state index in [0.29, 0.717) is 5.69 Å². The van der Waals surface area contributed by atoms with Gasteiger partial charge in [0.25, 0.3) is 0 Å². The van der Waals surface area contributed by atoms with Gasteiger partial charge in [-0.3, -0.25) is 0 Å². The Morgan fingerprint density at radius 1 is 1.64 bits per heavy atom. The van der Waals surface area contributed by atoms with Gasteiger partial charge in [0.2, 0.25) is 0 Å². The van der Waals surface area contributed by atoms with Crippen LogP contribution in [0.5, 0.6) is 0 Å². The van der Waals surface area contributed by atoms with Gasteiger partial charge in [-0.25, -0.2) is 9.74 Å². The molecule has 0 amide bonds. The van der Waals surface area contributed by atoms with Gasteiger partial charge in [-0.2, -0.15) is 0 Å². The lowest BCUT2D eigenvalue weighted by molar-refractivity contribution is -0.0787. The van der Waals surface area contributed by atoms with Crippen molar-refractivity contribution in [1.82, 2.24) is 0 Å². The molecule has 0 aliphatic heterocycles. The molecule has 1 N–H and O–H groups in total. The number of halogens is 2. The number of anilines is 1. The molecular weight excluding hydrogens is 229 g/mol. The fourth-order valence-electron chi connectivity index (χ4n) is 0.880. The Morgan fingerprint density at radius 3 is 2.86 bits per heavy atom. The quantitative estimate of drug-likeness (QED) is 0.815. The molecule has 74 valence electrons. The zero-order valence-corrected chi connectivity index (χ0v) is 8.36. The fraction of sp³-hybridized carbons (Fsp3) is 0. The Morgan fingerprint density at radius 2 is 2.36 bits per heavy atom. The molecule has 0 atom stereocenters. The van der Waals surface area contributed by atoms with Crippen LogP contribution >= 0.6 is 23.8 Å². The maximum atomic E-state index is 11.6. The fourth-order valence-corrected chi connectivity index (χ4v) is 1.27. The largest absolute Gasteiger partial charge is 0.381 e.